The molecular weight excluding hydrogens is 352 g/mol. The van der Waals surface area contributed by atoms with Crippen LogP contribution < -0.4 is 20.7 Å². The van der Waals surface area contributed by atoms with Gasteiger partial charge in [-0.1, -0.05) is 30.5 Å². The maximum absolute atomic E-state index is 11.9. The van der Waals surface area contributed by atoms with Crippen molar-refractivity contribution in [2.24, 2.45) is 4.99 Å². The Morgan fingerprint density at radius 2 is 2.00 bits per heavy atom. The Morgan fingerprint density at radius 3 is 2.65 bits per heavy atom. The van der Waals surface area contributed by atoms with Gasteiger partial charge in [-0.3, -0.25) is 9.79 Å². The van der Waals surface area contributed by atoms with Crippen molar-refractivity contribution in [3.05, 3.63) is 28.8 Å². The second kappa shape index (κ2) is 10.9. The predicted octanol–water partition coefficient (Wildman–Crippen LogP) is 2.51. The molecule has 1 fully saturated rings. The summed E-state index contributed by atoms with van der Waals surface area (Å²) in [6.07, 6.45) is 5.87. The number of hydrogen-bond donors (Lipinski definition) is 3. The lowest BCUT2D eigenvalue weighted by Gasteiger charge is -2.14. The van der Waals surface area contributed by atoms with Crippen LogP contribution in [0.15, 0.2) is 23.2 Å². The molecule has 1 aromatic carbocycles. The number of rotatable bonds is 8. The second-order valence-corrected chi connectivity index (χ2v) is 6.84. The smallest absolute Gasteiger partial charge is 0.221 e. The molecule has 0 aliphatic heterocycles. The average Bonchev–Trinajstić information content (AvgIpc) is 3.14. The summed E-state index contributed by atoms with van der Waals surface area (Å²) in [7, 11) is 3.34. The van der Waals surface area contributed by atoms with E-state index in [0.717, 1.165) is 30.6 Å². The van der Waals surface area contributed by atoms with Gasteiger partial charge in [0.25, 0.3) is 0 Å². The van der Waals surface area contributed by atoms with E-state index >= 15 is 0 Å². The first-order valence-electron chi connectivity index (χ1n) is 9.18. The fourth-order valence-corrected chi connectivity index (χ4v) is 3.32. The fraction of sp³-hybridized carbons (Fsp3) is 0.579. The van der Waals surface area contributed by atoms with Crippen LogP contribution in [-0.4, -0.2) is 45.2 Å². The molecule has 0 bridgehead atoms. The van der Waals surface area contributed by atoms with E-state index in [0.29, 0.717) is 36.5 Å². The van der Waals surface area contributed by atoms with E-state index in [-0.39, 0.29) is 5.91 Å². The van der Waals surface area contributed by atoms with Gasteiger partial charge in [-0.2, -0.15) is 0 Å². The summed E-state index contributed by atoms with van der Waals surface area (Å²) in [6, 6.07) is 6.05. The van der Waals surface area contributed by atoms with E-state index < -0.39 is 0 Å². The van der Waals surface area contributed by atoms with Gasteiger partial charge in [0, 0.05) is 37.6 Å². The molecule has 7 heteroatoms. The fourth-order valence-electron chi connectivity index (χ4n) is 3.06. The van der Waals surface area contributed by atoms with Gasteiger partial charge in [0.05, 0.1) is 7.11 Å². The molecular formula is C19H29ClN4O2. The number of carbonyl (C=O) groups excluding carboxylic acids is 1. The van der Waals surface area contributed by atoms with E-state index in [1.54, 1.807) is 14.2 Å². The first-order valence-corrected chi connectivity index (χ1v) is 9.56. The van der Waals surface area contributed by atoms with Gasteiger partial charge >= 0.3 is 0 Å². The largest absolute Gasteiger partial charge is 0.497 e. The highest BCUT2D eigenvalue weighted by molar-refractivity contribution is 6.31. The van der Waals surface area contributed by atoms with Crippen LogP contribution in [0, 0.1) is 0 Å². The van der Waals surface area contributed by atoms with E-state index in [1.807, 2.05) is 18.2 Å². The standard InChI is InChI=1S/C19H29ClN4O2/c1-21-19(23-12-10-18(25)24-15-5-3-4-6-15)22-11-9-14-7-8-16(26-2)13-17(14)20/h7-8,13,15H,3-6,9-12H2,1-2H3,(H,24,25)(H2,21,22,23). The van der Waals surface area contributed by atoms with Crippen molar-refractivity contribution in [3.8, 4) is 5.75 Å². The SMILES string of the molecule is CN=C(NCCC(=O)NC1CCCC1)NCCc1ccc(OC)cc1Cl. The van der Waals surface area contributed by atoms with Gasteiger partial charge < -0.3 is 20.7 Å². The summed E-state index contributed by atoms with van der Waals surface area (Å²) >= 11 is 6.25. The van der Waals surface area contributed by atoms with Gasteiger partial charge in [0.15, 0.2) is 5.96 Å². The molecule has 2 rings (SSSR count). The quantitative estimate of drug-likeness (QED) is 0.478. The van der Waals surface area contributed by atoms with Gasteiger partial charge in [-0.15, -0.1) is 0 Å². The molecule has 0 saturated heterocycles. The molecule has 0 spiro atoms. The molecule has 1 amide bonds. The topological polar surface area (TPSA) is 74.8 Å². The zero-order chi connectivity index (χ0) is 18.8. The Bertz CT molecular complexity index is 616. The number of halogens is 1. The van der Waals surface area contributed by atoms with Crippen molar-refractivity contribution in [1.82, 2.24) is 16.0 Å². The third-order valence-electron chi connectivity index (χ3n) is 4.54. The maximum atomic E-state index is 11.9. The number of nitrogens with zero attached hydrogens (tertiary/aromatic N) is 1. The predicted molar refractivity (Wildman–Crippen MR) is 106 cm³/mol. The van der Waals surface area contributed by atoms with Crippen molar-refractivity contribution in [2.45, 2.75) is 44.6 Å². The maximum Gasteiger partial charge on any atom is 0.221 e. The highest BCUT2D eigenvalue weighted by atomic mass is 35.5. The van der Waals surface area contributed by atoms with Crippen LogP contribution in [0.4, 0.5) is 0 Å². The Morgan fingerprint density at radius 1 is 1.27 bits per heavy atom. The summed E-state index contributed by atoms with van der Waals surface area (Å²) in [5.74, 6) is 1.54. The number of guanidine groups is 1. The second-order valence-electron chi connectivity index (χ2n) is 6.43. The van der Waals surface area contributed by atoms with E-state index in [2.05, 4.69) is 20.9 Å². The first-order chi connectivity index (χ1) is 12.6. The van der Waals surface area contributed by atoms with Crippen molar-refractivity contribution >= 4 is 23.5 Å². The van der Waals surface area contributed by atoms with Crippen LogP contribution >= 0.6 is 11.6 Å². The highest BCUT2D eigenvalue weighted by Gasteiger charge is 2.16. The molecule has 1 aliphatic carbocycles. The zero-order valence-electron chi connectivity index (χ0n) is 15.6. The summed E-state index contributed by atoms with van der Waals surface area (Å²) in [6.45, 7) is 1.25. The minimum Gasteiger partial charge on any atom is -0.497 e. The van der Waals surface area contributed by atoms with Gasteiger partial charge in [0.2, 0.25) is 5.91 Å². The molecule has 0 radical (unpaired) electrons. The number of methoxy groups -OCH3 is 1. The van der Waals surface area contributed by atoms with Gasteiger partial charge in [-0.25, -0.2) is 0 Å². The van der Waals surface area contributed by atoms with Crippen LogP contribution in [-0.2, 0) is 11.2 Å². The highest BCUT2D eigenvalue weighted by Crippen LogP contribution is 2.22. The lowest BCUT2D eigenvalue weighted by Crippen LogP contribution is -2.41. The summed E-state index contributed by atoms with van der Waals surface area (Å²) in [5, 5.41) is 10.2. The molecule has 1 aromatic rings. The van der Waals surface area contributed by atoms with E-state index in [1.165, 1.54) is 12.8 Å². The van der Waals surface area contributed by atoms with Gasteiger partial charge in [-0.05, 0) is 37.0 Å². The van der Waals surface area contributed by atoms with Crippen molar-refractivity contribution in [2.75, 3.05) is 27.2 Å². The molecule has 3 N–H and O–H groups in total. The monoisotopic (exact) mass is 380 g/mol. The number of nitrogens with one attached hydrogen (secondary N) is 3. The Kier molecular flexibility index (Phi) is 8.54. The van der Waals surface area contributed by atoms with Crippen LogP contribution in [0.2, 0.25) is 5.02 Å². The minimum absolute atomic E-state index is 0.102. The normalized spacial score (nSPS) is 15.0. The molecule has 0 aromatic heterocycles. The van der Waals surface area contributed by atoms with E-state index in [4.69, 9.17) is 16.3 Å². The number of amides is 1. The van der Waals surface area contributed by atoms with Gasteiger partial charge in [0.1, 0.15) is 5.75 Å². The number of aliphatic imine (C=N–C) groups is 1. The zero-order valence-corrected chi connectivity index (χ0v) is 16.4. The van der Waals surface area contributed by atoms with Crippen molar-refractivity contribution in [1.29, 1.82) is 0 Å². The average molecular weight is 381 g/mol. The molecule has 1 saturated carbocycles. The molecule has 144 valence electrons. The molecule has 6 nitrogen and oxygen atoms in total. The summed E-state index contributed by atoms with van der Waals surface area (Å²) < 4.78 is 5.15. The number of hydrogen-bond acceptors (Lipinski definition) is 3. The number of benzene rings is 1. The molecule has 0 unspecified atom stereocenters. The number of carbonyl (C=O) groups is 1. The molecule has 0 heterocycles. The third kappa shape index (κ3) is 6.75. The first kappa shape index (κ1) is 20.4. The lowest BCUT2D eigenvalue weighted by molar-refractivity contribution is -0.121. The Hall–Kier alpha value is -1.95. The minimum atomic E-state index is 0.102. The lowest BCUT2D eigenvalue weighted by atomic mass is 10.1. The van der Waals surface area contributed by atoms with E-state index in [9.17, 15) is 4.79 Å². The molecule has 1 aliphatic rings. The van der Waals surface area contributed by atoms with Crippen LogP contribution in [0.25, 0.3) is 0 Å². The Balaban J connectivity index is 1.65. The molecule has 26 heavy (non-hydrogen) atoms. The molecule has 0 atom stereocenters. The third-order valence-corrected chi connectivity index (χ3v) is 4.89. The van der Waals surface area contributed by atoms with Crippen molar-refractivity contribution < 1.29 is 9.53 Å². The summed E-state index contributed by atoms with van der Waals surface area (Å²) in [5.41, 5.74) is 1.05. The Labute approximate surface area is 160 Å². The number of ether oxygens (including phenoxy) is 1. The van der Waals surface area contributed by atoms with Crippen LogP contribution in [0.3, 0.4) is 0 Å². The van der Waals surface area contributed by atoms with Crippen molar-refractivity contribution in [3.63, 3.8) is 0 Å². The van der Waals surface area contributed by atoms with Crippen LogP contribution in [0.5, 0.6) is 5.75 Å². The summed E-state index contributed by atoms with van der Waals surface area (Å²) in [4.78, 5) is 16.1. The van der Waals surface area contributed by atoms with Crippen LogP contribution in [0.1, 0.15) is 37.7 Å².